The highest BCUT2D eigenvalue weighted by Crippen LogP contribution is 1.82. The van der Waals surface area contributed by atoms with E-state index >= 15 is 0 Å². The van der Waals surface area contributed by atoms with Gasteiger partial charge in [-0.2, -0.15) is 0 Å². The Hall–Kier alpha value is -1.26. The van der Waals surface area contributed by atoms with Crippen molar-refractivity contribution in [3.05, 3.63) is 0 Å². The van der Waals surface area contributed by atoms with Gasteiger partial charge in [-0.3, -0.25) is 0 Å². The number of hydrogen-bond acceptors (Lipinski definition) is 3. The maximum Gasteiger partial charge on any atom is 0.344 e. The minimum atomic E-state index is -1.12. The molecule has 0 aromatic rings. The van der Waals surface area contributed by atoms with E-state index in [2.05, 4.69) is 9.99 Å². The number of carboxylic acids is 1. The molecule has 5 nitrogen and oxygen atoms in total. The lowest BCUT2D eigenvalue weighted by atomic mass is 10.5. The average Bonchev–Trinajstić information content (AvgIpc) is 1.87. The largest absolute Gasteiger partial charge is 0.494 e. The van der Waals surface area contributed by atoms with E-state index in [4.69, 9.17) is 10.2 Å². The molecule has 10 heavy (non-hydrogen) atoms. The fourth-order valence-electron chi connectivity index (χ4n) is 0.227. The van der Waals surface area contributed by atoms with Crippen LogP contribution in [0.15, 0.2) is 5.16 Å². The van der Waals surface area contributed by atoms with Crippen LogP contribution in [0, 0.1) is 0 Å². The summed E-state index contributed by atoms with van der Waals surface area (Å²) in [5, 5.41) is 19.7. The molecule has 0 radical (unpaired) electrons. The lowest BCUT2D eigenvalue weighted by Gasteiger charge is -1.93. The predicted octanol–water partition coefficient (Wildman–Crippen LogP) is 0.369. The van der Waals surface area contributed by atoms with Crippen molar-refractivity contribution >= 4 is 11.9 Å². The summed E-state index contributed by atoms with van der Waals surface area (Å²) in [5.74, 6) is -1.33. The molecule has 0 fully saturated rings. The van der Waals surface area contributed by atoms with Gasteiger partial charge in [0, 0.05) is 6.42 Å². The first-order valence-corrected chi connectivity index (χ1v) is 2.76. The van der Waals surface area contributed by atoms with Crippen LogP contribution in [0.1, 0.15) is 13.3 Å². The van der Waals surface area contributed by atoms with E-state index in [-0.39, 0.29) is 5.90 Å². The Morgan fingerprint density at radius 2 is 2.20 bits per heavy atom. The zero-order valence-electron chi connectivity index (χ0n) is 5.57. The smallest absolute Gasteiger partial charge is 0.344 e. The van der Waals surface area contributed by atoms with Crippen molar-refractivity contribution in [1.82, 2.24) is 0 Å². The number of oxime groups is 1. The summed E-state index contributed by atoms with van der Waals surface area (Å²) in [6.45, 7) is 1.15. The average molecular weight is 147 g/mol. The van der Waals surface area contributed by atoms with E-state index in [9.17, 15) is 4.79 Å². The number of hydrogen-bond donors (Lipinski definition) is 2. The van der Waals surface area contributed by atoms with E-state index in [1.807, 2.05) is 0 Å². The molecule has 58 valence electrons. The molecule has 0 saturated heterocycles. The molecule has 0 aliphatic rings. The molecule has 0 heterocycles. The second kappa shape index (κ2) is 4.60. The molecular formula is C5H9NO4. The third kappa shape index (κ3) is 4.89. The monoisotopic (exact) mass is 147 g/mol. The Kier molecular flexibility index (Phi) is 4.02. The van der Waals surface area contributed by atoms with Crippen molar-refractivity contribution in [2.24, 2.45) is 5.16 Å². The van der Waals surface area contributed by atoms with Gasteiger partial charge in [0.05, 0.1) is 0 Å². The molecule has 0 spiro atoms. The fraction of sp³-hybridized carbons (Fsp3) is 0.600. The first-order chi connectivity index (χ1) is 4.66. The van der Waals surface area contributed by atoms with Crippen LogP contribution >= 0.6 is 0 Å². The highest BCUT2D eigenvalue weighted by Gasteiger charge is 1.95. The van der Waals surface area contributed by atoms with E-state index in [0.717, 1.165) is 0 Å². The first kappa shape index (κ1) is 8.74. The minimum Gasteiger partial charge on any atom is -0.494 e. The van der Waals surface area contributed by atoms with Gasteiger partial charge in [-0.25, -0.2) is 4.79 Å². The molecule has 0 aromatic heterocycles. The fourth-order valence-corrected chi connectivity index (χ4v) is 0.227. The quantitative estimate of drug-likeness (QED) is 0.342. The van der Waals surface area contributed by atoms with Crippen LogP contribution in [-0.2, 0) is 9.63 Å². The van der Waals surface area contributed by atoms with Crippen LogP contribution in [0.25, 0.3) is 0 Å². The van der Waals surface area contributed by atoms with Gasteiger partial charge in [-0.05, 0) is 0 Å². The van der Waals surface area contributed by atoms with Crippen molar-refractivity contribution < 1.29 is 19.8 Å². The summed E-state index contributed by atoms with van der Waals surface area (Å²) in [6.07, 6.45) is 0.333. The second-order valence-electron chi connectivity index (χ2n) is 1.53. The first-order valence-electron chi connectivity index (χ1n) is 2.76. The van der Waals surface area contributed by atoms with Crippen LogP contribution < -0.4 is 0 Å². The Labute approximate surface area is 57.9 Å². The number of aliphatic hydroxyl groups is 1. The van der Waals surface area contributed by atoms with E-state index < -0.39 is 12.6 Å². The van der Waals surface area contributed by atoms with Gasteiger partial charge in [-0.15, -0.1) is 0 Å². The van der Waals surface area contributed by atoms with Crippen LogP contribution in [0.3, 0.4) is 0 Å². The standard InChI is InChI=1S/C5H9NO4/c1-2-4(7)6-10-3-5(8)9/h2-3H2,1H3,(H,6,7)(H,8,9). The van der Waals surface area contributed by atoms with Crippen LogP contribution in [0.5, 0.6) is 0 Å². The third-order valence-corrected chi connectivity index (χ3v) is 0.674. The SMILES string of the molecule is CCC(O)=NOCC(=O)O. The molecule has 2 N–H and O–H groups in total. The maximum absolute atomic E-state index is 9.79. The van der Waals surface area contributed by atoms with Crippen molar-refractivity contribution in [1.29, 1.82) is 0 Å². The van der Waals surface area contributed by atoms with Crippen LogP contribution in [0.4, 0.5) is 0 Å². The van der Waals surface area contributed by atoms with Crippen molar-refractivity contribution in [3.8, 4) is 0 Å². The Balaban J connectivity index is 3.43. The van der Waals surface area contributed by atoms with Gasteiger partial charge in [-0.1, -0.05) is 12.1 Å². The molecule has 0 unspecified atom stereocenters. The Morgan fingerprint density at radius 3 is 2.60 bits per heavy atom. The minimum absolute atomic E-state index is 0.207. The zero-order valence-corrected chi connectivity index (χ0v) is 5.57. The molecule has 0 bridgehead atoms. The van der Waals surface area contributed by atoms with Crippen molar-refractivity contribution in [3.63, 3.8) is 0 Å². The molecule has 0 aromatic carbocycles. The summed E-state index contributed by atoms with van der Waals surface area (Å²) in [5.41, 5.74) is 0. The molecule has 0 aliphatic heterocycles. The van der Waals surface area contributed by atoms with E-state index in [0.29, 0.717) is 6.42 Å². The van der Waals surface area contributed by atoms with Gasteiger partial charge in [0.25, 0.3) is 0 Å². The van der Waals surface area contributed by atoms with Gasteiger partial charge in [0.2, 0.25) is 12.5 Å². The number of nitrogens with zero attached hydrogens (tertiary/aromatic N) is 1. The Bertz CT molecular complexity index is 143. The maximum atomic E-state index is 9.79. The normalized spacial score (nSPS) is 11.1. The molecule has 5 heteroatoms. The van der Waals surface area contributed by atoms with E-state index in [1.54, 1.807) is 6.92 Å². The highest BCUT2D eigenvalue weighted by atomic mass is 16.6. The predicted molar refractivity (Wildman–Crippen MR) is 33.9 cm³/mol. The summed E-state index contributed by atoms with van der Waals surface area (Å²) in [6, 6.07) is 0. The van der Waals surface area contributed by atoms with E-state index in [1.165, 1.54) is 0 Å². The summed E-state index contributed by atoms with van der Waals surface area (Å²) in [4.78, 5) is 14.0. The molecule has 0 saturated carbocycles. The molecule has 0 aliphatic carbocycles. The Morgan fingerprint density at radius 1 is 1.60 bits per heavy atom. The zero-order chi connectivity index (χ0) is 7.98. The lowest BCUT2D eigenvalue weighted by molar-refractivity contribution is -0.142. The summed E-state index contributed by atoms with van der Waals surface area (Å²) < 4.78 is 0. The molecule has 0 atom stereocenters. The molecular weight excluding hydrogens is 138 g/mol. The third-order valence-electron chi connectivity index (χ3n) is 0.674. The number of aliphatic hydroxyl groups excluding tert-OH is 1. The summed E-state index contributed by atoms with van der Waals surface area (Å²) in [7, 11) is 0. The van der Waals surface area contributed by atoms with Crippen LogP contribution in [-0.4, -0.2) is 28.7 Å². The van der Waals surface area contributed by atoms with Gasteiger partial charge < -0.3 is 15.1 Å². The molecule has 0 rings (SSSR count). The van der Waals surface area contributed by atoms with Gasteiger partial charge in [0.15, 0.2) is 0 Å². The second-order valence-corrected chi connectivity index (χ2v) is 1.53. The van der Waals surface area contributed by atoms with Crippen molar-refractivity contribution in [2.75, 3.05) is 6.61 Å². The lowest BCUT2D eigenvalue weighted by Crippen LogP contribution is -2.05. The van der Waals surface area contributed by atoms with Crippen molar-refractivity contribution in [2.45, 2.75) is 13.3 Å². The number of aliphatic carboxylic acids is 1. The highest BCUT2D eigenvalue weighted by molar-refractivity contribution is 5.73. The molecule has 0 amide bonds. The van der Waals surface area contributed by atoms with Gasteiger partial charge in [0.1, 0.15) is 0 Å². The number of carboxylic acid groups (broad SMARTS) is 1. The number of rotatable bonds is 4. The van der Waals surface area contributed by atoms with Gasteiger partial charge >= 0.3 is 5.97 Å². The summed E-state index contributed by atoms with van der Waals surface area (Å²) >= 11 is 0. The topological polar surface area (TPSA) is 79.1 Å². The van der Waals surface area contributed by atoms with Crippen LogP contribution in [0.2, 0.25) is 0 Å². The number of carbonyl (C=O) groups is 1.